The van der Waals surface area contributed by atoms with Crippen LogP contribution in [-0.4, -0.2) is 29.4 Å². The molecule has 1 aromatic heterocycles. The van der Waals surface area contributed by atoms with Crippen molar-refractivity contribution in [1.29, 1.82) is 0 Å². The van der Waals surface area contributed by atoms with Gasteiger partial charge in [0.2, 0.25) is 5.89 Å². The summed E-state index contributed by atoms with van der Waals surface area (Å²) in [5, 5.41) is 2.12. The van der Waals surface area contributed by atoms with Gasteiger partial charge in [-0.2, -0.15) is 0 Å². The number of nitrogens with zero attached hydrogens (tertiary/aromatic N) is 2. The molecule has 6 heteroatoms. The van der Waals surface area contributed by atoms with Crippen LogP contribution in [0.25, 0.3) is 10.8 Å². The van der Waals surface area contributed by atoms with Gasteiger partial charge in [-0.3, -0.25) is 4.79 Å². The zero-order valence-electron chi connectivity index (χ0n) is 17.2. The van der Waals surface area contributed by atoms with Crippen LogP contribution in [0, 0.1) is 0 Å². The highest BCUT2D eigenvalue weighted by atomic mass is 16.5. The van der Waals surface area contributed by atoms with Gasteiger partial charge in [0.25, 0.3) is 5.91 Å². The predicted octanol–water partition coefficient (Wildman–Crippen LogP) is 5.00. The van der Waals surface area contributed by atoms with Gasteiger partial charge in [0.05, 0.1) is 13.2 Å². The van der Waals surface area contributed by atoms with Crippen molar-refractivity contribution in [2.24, 2.45) is 0 Å². The minimum atomic E-state index is -0.118. The molecular weight excluding hydrogens is 392 g/mol. The number of amides is 1. The lowest BCUT2D eigenvalue weighted by atomic mass is 9.94. The lowest BCUT2D eigenvalue weighted by Crippen LogP contribution is -2.45. The first-order valence-electron chi connectivity index (χ1n) is 10.2. The van der Waals surface area contributed by atoms with Gasteiger partial charge in [-0.25, -0.2) is 4.98 Å². The van der Waals surface area contributed by atoms with E-state index in [1.165, 1.54) is 6.26 Å². The lowest BCUT2D eigenvalue weighted by molar-refractivity contribution is 0.0454. The second-order valence-corrected chi connectivity index (χ2v) is 7.50. The Morgan fingerprint density at radius 3 is 2.58 bits per heavy atom. The second-order valence-electron chi connectivity index (χ2n) is 7.50. The van der Waals surface area contributed by atoms with Crippen molar-refractivity contribution in [1.82, 2.24) is 9.88 Å². The van der Waals surface area contributed by atoms with Crippen molar-refractivity contribution in [3.8, 4) is 11.5 Å². The highest BCUT2D eigenvalue weighted by Gasteiger charge is 2.35. The predicted molar refractivity (Wildman–Crippen MR) is 116 cm³/mol. The lowest BCUT2D eigenvalue weighted by Gasteiger charge is -2.40. The van der Waals surface area contributed by atoms with Crippen molar-refractivity contribution in [3.63, 3.8) is 0 Å². The number of carbonyl (C=O) groups is 1. The monoisotopic (exact) mass is 414 g/mol. The Balaban J connectivity index is 1.25. The number of methoxy groups -OCH3 is 1. The number of ether oxygens (including phenoxy) is 2. The Morgan fingerprint density at radius 1 is 1.06 bits per heavy atom. The zero-order chi connectivity index (χ0) is 21.2. The number of aromatic nitrogens is 1. The largest absolute Gasteiger partial charge is 0.497 e. The highest BCUT2D eigenvalue weighted by molar-refractivity contribution is 5.92. The first-order chi connectivity index (χ1) is 15.2. The van der Waals surface area contributed by atoms with E-state index in [0.29, 0.717) is 17.3 Å². The van der Waals surface area contributed by atoms with E-state index in [4.69, 9.17) is 13.9 Å². The van der Waals surface area contributed by atoms with Gasteiger partial charge in [0.1, 0.15) is 17.8 Å². The Kier molecular flexibility index (Phi) is 5.04. The van der Waals surface area contributed by atoms with Gasteiger partial charge < -0.3 is 18.8 Å². The molecule has 1 fully saturated rings. The summed E-state index contributed by atoms with van der Waals surface area (Å²) >= 11 is 0. The smallest absolute Gasteiger partial charge is 0.276 e. The molecule has 3 aromatic carbocycles. The molecule has 156 valence electrons. The van der Waals surface area contributed by atoms with Crippen molar-refractivity contribution in [2.45, 2.75) is 19.1 Å². The molecule has 1 atom stereocenters. The molecule has 6 nitrogen and oxygen atoms in total. The van der Waals surface area contributed by atoms with Crippen LogP contribution in [0.3, 0.4) is 0 Å². The van der Waals surface area contributed by atoms with Crippen LogP contribution in [0.1, 0.15) is 34.4 Å². The maximum absolute atomic E-state index is 12.9. The van der Waals surface area contributed by atoms with Crippen LogP contribution in [0.5, 0.6) is 11.5 Å². The maximum Gasteiger partial charge on any atom is 0.276 e. The summed E-state index contributed by atoms with van der Waals surface area (Å²) in [5.74, 6) is 1.73. The SMILES string of the molecule is COc1ccc2ccc(OCc3nc(C(=O)N4CC[C@@H]4c4ccccc4)co3)cc2c1. The third-order valence-electron chi connectivity index (χ3n) is 5.62. The molecule has 0 aliphatic carbocycles. The van der Waals surface area contributed by atoms with E-state index in [-0.39, 0.29) is 18.6 Å². The standard InChI is InChI=1S/C25H22N2O4/c1-29-20-9-7-17-8-10-21(14-19(17)13-20)30-16-24-26-22(15-31-24)25(28)27-12-11-23(27)18-5-3-2-4-6-18/h2-10,13-15,23H,11-12,16H2,1H3/t23-/m1/s1. The third kappa shape index (κ3) is 3.84. The Labute approximate surface area is 180 Å². The molecule has 1 aliphatic rings. The first kappa shape index (κ1) is 19.2. The molecule has 5 rings (SSSR count). The van der Waals surface area contributed by atoms with Gasteiger partial charge in [-0.05, 0) is 47.0 Å². The average Bonchev–Trinajstić information content (AvgIpc) is 3.26. The molecule has 0 saturated carbocycles. The normalized spacial score (nSPS) is 15.5. The molecule has 1 aliphatic heterocycles. The Morgan fingerprint density at radius 2 is 1.84 bits per heavy atom. The van der Waals surface area contributed by atoms with Crippen LogP contribution < -0.4 is 9.47 Å². The number of likely N-dealkylation sites (tertiary alicyclic amines) is 1. The molecule has 0 unspecified atom stereocenters. The number of fused-ring (bicyclic) bond motifs is 1. The van der Waals surface area contributed by atoms with Crippen LogP contribution >= 0.6 is 0 Å². The number of benzene rings is 3. The van der Waals surface area contributed by atoms with Crippen molar-refractivity contribution in [2.75, 3.05) is 13.7 Å². The molecule has 1 amide bonds. The topological polar surface area (TPSA) is 64.8 Å². The molecule has 1 saturated heterocycles. The van der Waals surface area contributed by atoms with E-state index >= 15 is 0 Å². The molecule has 0 N–H and O–H groups in total. The van der Waals surface area contributed by atoms with Crippen LogP contribution in [0.2, 0.25) is 0 Å². The van der Waals surface area contributed by atoms with Crippen LogP contribution in [0.4, 0.5) is 0 Å². The fraction of sp³-hybridized carbons (Fsp3) is 0.200. The molecule has 31 heavy (non-hydrogen) atoms. The second kappa shape index (κ2) is 8.14. The van der Waals surface area contributed by atoms with Gasteiger partial charge >= 0.3 is 0 Å². The third-order valence-corrected chi connectivity index (χ3v) is 5.62. The molecule has 0 radical (unpaired) electrons. The summed E-state index contributed by atoms with van der Waals surface area (Å²) < 4.78 is 16.6. The van der Waals surface area contributed by atoms with E-state index in [1.54, 1.807) is 7.11 Å². The van der Waals surface area contributed by atoms with Crippen molar-refractivity contribution < 1.29 is 18.7 Å². The minimum Gasteiger partial charge on any atom is -0.497 e. The van der Waals surface area contributed by atoms with Gasteiger partial charge in [0, 0.05) is 6.54 Å². The quantitative estimate of drug-likeness (QED) is 0.444. The first-order valence-corrected chi connectivity index (χ1v) is 10.2. The van der Waals surface area contributed by atoms with Gasteiger partial charge in [-0.15, -0.1) is 0 Å². The maximum atomic E-state index is 12.9. The number of oxazole rings is 1. The summed E-state index contributed by atoms with van der Waals surface area (Å²) in [6, 6.07) is 21.9. The van der Waals surface area contributed by atoms with E-state index in [2.05, 4.69) is 4.98 Å². The molecule has 4 aromatic rings. The van der Waals surface area contributed by atoms with E-state index in [9.17, 15) is 4.79 Å². The summed E-state index contributed by atoms with van der Waals surface area (Å²) in [6.45, 7) is 0.864. The minimum absolute atomic E-state index is 0.0969. The van der Waals surface area contributed by atoms with Gasteiger partial charge in [0.15, 0.2) is 12.3 Å². The van der Waals surface area contributed by atoms with Crippen molar-refractivity contribution in [3.05, 3.63) is 90.1 Å². The average molecular weight is 414 g/mol. The van der Waals surface area contributed by atoms with Gasteiger partial charge in [-0.1, -0.05) is 42.5 Å². The number of hydrogen-bond donors (Lipinski definition) is 0. The summed E-state index contributed by atoms with van der Waals surface area (Å²) in [4.78, 5) is 19.0. The highest BCUT2D eigenvalue weighted by Crippen LogP contribution is 2.34. The summed E-state index contributed by atoms with van der Waals surface area (Å²) in [7, 11) is 1.64. The van der Waals surface area contributed by atoms with E-state index in [1.807, 2.05) is 71.6 Å². The summed E-state index contributed by atoms with van der Waals surface area (Å²) in [6.07, 6.45) is 2.36. The van der Waals surface area contributed by atoms with Crippen molar-refractivity contribution >= 4 is 16.7 Å². The fourth-order valence-corrected chi connectivity index (χ4v) is 3.84. The fourth-order valence-electron chi connectivity index (χ4n) is 3.84. The van der Waals surface area contributed by atoms with Crippen LogP contribution in [0.15, 0.2) is 77.4 Å². The van der Waals surface area contributed by atoms with E-state index in [0.717, 1.165) is 35.1 Å². The number of hydrogen-bond acceptors (Lipinski definition) is 5. The van der Waals surface area contributed by atoms with Crippen LogP contribution in [-0.2, 0) is 6.61 Å². The molecular formula is C25H22N2O4. The number of rotatable bonds is 6. The molecule has 2 heterocycles. The molecule has 0 spiro atoms. The Bertz CT molecular complexity index is 1220. The molecule has 0 bridgehead atoms. The summed E-state index contributed by atoms with van der Waals surface area (Å²) in [5.41, 5.74) is 1.45. The zero-order valence-corrected chi connectivity index (χ0v) is 17.2. The van der Waals surface area contributed by atoms with E-state index < -0.39 is 0 Å². The Hall–Kier alpha value is -3.80. The number of carbonyl (C=O) groups excluding carboxylic acids is 1.